The Balaban J connectivity index is 1.79. The monoisotopic (exact) mass is 329 g/mol. The van der Waals surface area contributed by atoms with Gasteiger partial charge in [0.15, 0.2) is 5.65 Å². The highest BCUT2D eigenvalue weighted by Gasteiger charge is 2.12. The first-order valence-corrected chi connectivity index (χ1v) is 8.22. The van der Waals surface area contributed by atoms with Gasteiger partial charge in [0.25, 0.3) is 0 Å². The summed E-state index contributed by atoms with van der Waals surface area (Å²) in [6.45, 7) is 6.24. The van der Waals surface area contributed by atoms with Crippen LogP contribution in [0, 0.1) is 20.8 Å². The van der Waals surface area contributed by atoms with Crippen molar-refractivity contribution in [3.8, 4) is 5.69 Å². The van der Waals surface area contributed by atoms with Gasteiger partial charge in [-0.15, -0.1) is 0 Å². The molecule has 0 aliphatic rings. The van der Waals surface area contributed by atoms with Crippen LogP contribution in [0.1, 0.15) is 16.7 Å². The van der Waals surface area contributed by atoms with Crippen LogP contribution in [0.3, 0.4) is 0 Å². The maximum absolute atomic E-state index is 4.55. The van der Waals surface area contributed by atoms with E-state index in [0.717, 1.165) is 33.8 Å². The van der Waals surface area contributed by atoms with Crippen molar-refractivity contribution in [3.63, 3.8) is 0 Å². The second-order valence-electron chi connectivity index (χ2n) is 6.30. The molecule has 0 bridgehead atoms. The standard InChI is InChI=1S/C20H19N5/c1-13-4-7-16(8-5-13)24-19-17-11-23-25(20(17)22-12-21-19)18-9-6-14(2)10-15(18)3/h4-12H,1-3H3,(H,21,22,24). The van der Waals surface area contributed by atoms with Crippen LogP contribution >= 0.6 is 0 Å². The molecule has 25 heavy (non-hydrogen) atoms. The van der Waals surface area contributed by atoms with E-state index in [2.05, 4.69) is 71.5 Å². The predicted molar refractivity (Wildman–Crippen MR) is 101 cm³/mol. The summed E-state index contributed by atoms with van der Waals surface area (Å²) < 4.78 is 1.87. The summed E-state index contributed by atoms with van der Waals surface area (Å²) in [4.78, 5) is 8.84. The molecule has 4 aromatic rings. The first kappa shape index (κ1) is 15.3. The number of aromatic nitrogens is 4. The van der Waals surface area contributed by atoms with E-state index in [1.807, 2.05) is 23.0 Å². The SMILES string of the molecule is Cc1ccc(Nc2ncnc3c2cnn3-c2ccc(C)cc2C)cc1. The number of aryl methyl sites for hydroxylation is 3. The zero-order chi connectivity index (χ0) is 17.4. The van der Waals surface area contributed by atoms with Crippen LogP contribution in [0.25, 0.3) is 16.7 Å². The van der Waals surface area contributed by atoms with Crippen LogP contribution in [-0.4, -0.2) is 19.7 Å². The van der Waals surface area contributed by atoms with Crippen molar-refractivity contribution in [1.82, 2.24) is 19.7 Å². The molecule has 5 nitrogen and oxygen atoms in total. The van der Waals surface area contributed by atoms with Crippen molar-refractivity contribution in [2.24, 2.45) is 0 Å². The molecule has 0 unspecified atom stereocenters. The Morgan fingerprint density at radius 1 is 0.880 bits per heavy atom. The average Bonchev–Trinajstić information content (AvgIpc) is 3.02. The van der Waals surface area contributed by atoms with Crippen molar-refractivity contribution in [1.29, 1.82) is 0 Å². The zero-order valence-electron chi connectivity index (χ0n) is 14.5. The van der Waals surface area contributed by atoms with Gasteiger partial charge >= 0.3 is 0 Å². The minimum absolute atomic E-state index is 0.755. The molecule has 0 spiro atoms. The summed E-state index contributed by atoms with van der Waals surface area (Å²) in [5.41, 5.74) is 6.42. The smallest absolute Gasteiger partial charge is 0.168 e. The average molecular weight is 329 g/mol. The van der Waals surface area contributed by atoms with Crippen molar-refractivity contribution in [3.05, 3.63) is 71.7 Å². The van der Waals surface area contributed by atoms with Gasteiger partial charge in [-0.3, -0.25) is 0 Å². The Hall–Kier alpha value is -3.21. The lowest BCUT2D eigenvalue weighted by Gasteiger charge is -2.09. The number of fused-ring (bicyclic) bond motifs is 1. The van der Waals surface area contributed by atoms with Crippen LogP contribution in [0.2, 0.25) is 0 Å². The lowest BCUT2D eigenvalue weighted by Crippen LogP contribution is -2.01. The third-order valence-corrected chi connectivity index (χ3v) is 4.26. The minimum atomic E-state index is 0.755. The Morgan fingerprint density at radius 2 is 1.64 bits per heavy atom. The molecule has 2 aromatic heterocycles. The van der Waals surface area contributed by atoms with Gasteiger partial charge in [0.2, 0.25) is 0 Å². The number of hydrogen-bond acceptors (Lipinski definition) is 4. The van der Waals surface area contributed by atoms with Crippen LogP contribution in [0.5, 0.6) is 0 Å². The van der Waals surface area contributed by atoms with Crippen molar-refractivity contribution < 1.29 is 0 Å². The molecule has 124 valence electrons. The predicted octanol–water partition coefficient (Wildman–Crippen LogP) is 4.48. The summed E-state index contributed by atoms with van der Waals surface area (Å²) >= 11 is 0. The molecule has 0 saturated carbocycles. The molecular weight excluding hydrogens is 310 g/mol. The highest BCUT2D eigenvalue weighted by Crippen LogP contribution is 2.26. The highest BCUT2D eigenvalue weighted by atomic mass is 15.3. The van der Waals surface area contributed by atoms with Gasteiger partial charge in [-0.2, -0.15) is 5.10 Å². The topological polar surface area (TPSA) is 55.6 Å². The number of hydrogen-bond donors (Lipinski definition) is 1. The summed E-state index contributed by atoms with van der Waals surface area (Å²) in [5.74, 6) is 0.755. The number of nitrogens with zero attached hydrogens (tertiary/aromatic N) is 4. The summed E-state index contributed by atoms with van der Waals surface area (Å²) in [6, 6.07) is 14.5. The second-order valence-corrected chi connectivity index (χ2v) is 6.30. The maximum Gasteiger partial charge on any atom is 0.168 e. The van der Waals surface area contributed by atoms with E-state index in [1.54, 1.807) is 6.33 Å². The van der Waals surface area contributed by atoms with E-state index in [0.29, 0.717) is 0 Å². The fourth-order valence-corrected chi connectivity index (χ4v) is 2.94. The molecule has 1 N–H and O–H groups in total. The number of benzene rings is 2. The van der Waals surface area contributed by atoms with Crippen molar-refractivity contribution in [2.75, 3.05) is 5.32 Å². The molecule has 2 aromatic carbocycles. The Bertz CT molecular complexity index is 1050. The number of anilines is 2. The number of nitrogens with one attached hydrogen (secondary N) is 1. The van der Waals surface area contributed by atoms with Gasteiger partial charge < -0.3 is 5.32 Å². The van der Waals surface area contributed by atoms with Gasteiger partial charge in [0, 0.05) is 5.69 Å². The normalized spacial score (nSPS) is 11.0. The molecule has 5 heteroatoms. The van der Waals surface area contributed by atoms with Gasteiger partial charge in [0.1, 0.15) is 12.1 Å². The van der Waals surface area contributed by atoms with Gasteiger partial charge in [-0.25, -0.2) is 14.6 Å². The molecule has 0 saturated heterocycles. The largest absolute Gasteiger partial charge is 0.340 e. The van der Waals surface area contributed by atoms with Gasteiger partial charge in [0.05, 0.1) is 17.3 Å². The molecule has 0 fully saturated rings. The fourth-order valence-electron chi connectivity index (χ4n) is 2.94. The van der Waals surface area contributed by atoms with E-state index in [-0.39, 0.29) is 0 Å². The summed E-state index contributed by atoms with van der Waals surface area (Å²) in [7, 11) is 0. The van der Waals surface area contributed by atoms with Crippen LogP contribution < -0.4 is 5.32 Å². The molecule has 0 atom stereocenters. The lowest BCUT2D eigenvalue weighted by atomic mass is 10.1. The molecule has 2 heterocycles. The molecule has 0 aliphatic heterocycles. The molecule has 0 radical (unpaired) electrons. The van der Waals surface area contributed by atoms with E-state index < -0.39 is 0 Å². The minimum Gasteiger partial charge on any atom is -0.340 e. The van der Waals surface area contributed by atoms with Gasteiger partial charge in [-0.1, -0.05) is 35.4 Å². The van der Waals surface area contributed by atoms with Crippen molar-refractivity contribution in [2.45, 2.75) is 20.8 Å². The van der Waals surface area contributed by atoms with Crippen LogP contribution in [-0.2, 0) is 0 Å². The van der Waals surface area contributed by atoms with E-state index in [9.17, 15) is 0 Å². The van der Waals surface area contributed by atoms with E-state index in [4.69, 9.17) is 0 Å². The third-order valence-electron chi connectivity index (χ3n) is 4.26. The molecule has 0 amide bonds. The third kappa shape index (κ3) is 2.85. The quantitative estimate of drug-likeness (QED) is 0.602. The summed E-state index contributed by atoms with van der Waals surface area (Å²) in [6.07, 6.45) is 3.38. The Labute approximate surface area is 146 Å². The Morgan fingerprint density at radius 3 is 2.40 bits per heavy atom. The number of rotatable bonds is 3. The molecular formula is C20H19N5. The van der Waals surface area contributed by atoms with Crippen LogP contribution in [0.4, 0.5) is 11.5 Å². The van der Waals surface area contributed by atoms with Crippen LogP contribution in [0.15, 0.2) is 55.0 Å². The van der Waals surface area contributed by atoms with Crippen molar-refractivity contribution >= 4 is 22.5 Å². The molecule has 0 aliphatic carbocycles. The molecule has 4 rings (SSSR count). The van der Waals surface area contributed by atoms with Gasteiger partial charge in [-0.05, 0) is 44.5 Å². The first-order valence-electron chi connectivity index (χ1n) is 8.22. The fraction of sp³-hybridized carbons (Fsp3) is 0.150. The second kappa shape index (κ2) is 6.02. The summed E-state index contributed by atoms with van der Waals surface area (Å²) in [5, 5.41) is 8.80. The lowest BCUT2D eigenvalue weighted by molar-refractivity contribution is 0.886. The first-order chi connectivity index (χ1) is 12.1. The highest BCUT2D eigenvalue weighted by molar-refractivity contribution is 5.89. The van der Waals surface area contributed by atoms with E-state index in [1.165, 1.54) is 11.1 Å². The van der Waals surface area contributed by atoms with E-state index >= 15 is 0 Å². The maximum atomic E-state index is 4.55. The Kier molecular flexibility index (Phi) is 3.69. The zero-order valence-corrected chi connectivity index (χ0v) is 14.5.